The fourth-order valence-electron chi connectivity index (χ4n) is 0.881. The van der Waals surface area contributed by atoms with Gasteiger partial charge in [-0.1, -0.05) is 5.04 Å². The quantitative estimate of drug-likeness (QED) is 0.260. The Balaban J connectivity index is 2.23. The molecule has 0 aliphatic heterocycles. The normalized spacial score (nSPS) is 11.2. The summed E-state index contributed by atoms with van der Waals surface area (Å²) in [4.78, 5) is 25.7. The van der Waals surface area contributed by atoms with E-state index < -0.39 is 42.6 Å². The van der Waals surface area contributed by atoms with Gasteiger partial charge < -0.3 is 9.47 Å². The van der Waals surface area contributed by atoms with E-state index in [2.05, 4.69) is 23.8 Å². The van der Waals surface area contributed by atoms with Crippen LogP contribution in [0.1, 0.15) is 0 Å². The third kappa shape index (κ3) is 5.08. The van der Waals surface area contributed by atoms with Crippen molar-refractivity contribution >= 4 is 24.1 Å². The van der Waals surface area contributed by atoms with Crippen LogP contribution >= 0.6 is 12.0 Å². The second-order valence-electron chi connectivity index (χ2n) is 2.96. The van der Waals surface area contributed by atoms with Crippen LogP contribution in [0.4, 0.5) is 13.6 Å². The van der Waals surface area contributed by atoms with Crippen molar-refractivity contribution in [3.8, 4) is 0 Å². The second-order valence-corrected chi connectivity index (χ2v) is 3.78. The summed E-state index contributed by atoms with van der Waals surface area (Å²) in [7, 11) is 0. The summed E-state index contributed by atoms with van der Waals surface area (Å²) in [6.07, 6.45) is 3.01. The number of esters is 1. The Hall–Kier alpha value is -1.76. The lowest BCUT2D eigenvalue weighted by Gasteiger charge is -2.12. The Morgan fingerprint density at radius 2 is 2.05 bits per heavy atom. The van der Waals surface area contributed by atoms with Crippen molar-refractivity contribution in [2.75, 3.05) is 13.2 Å². The molecule has 0 unspecified atom stereocenters. The van der Waals surface area contributed by atoms with Crippen molar-refractivity contribution in [1.82, 2.24) is 9.55 Å². The first-order valence-corrected chi connectivity index (χ1v) is 5.57. The van der Waals surface area contributed by atoms with Crippen molar-refractivity contribution in [1.29, 1.82) is 0 Å². The highest BCUT2D eigenvalue weighted by Crippen LogP contribution is 2.31. The van der Waals surface area contributed by atoms with Gasteiger partial charge in [0, 0.05) is 12.4 Å². The van der Waals surface area contributed by atoms with Gasteiger partial charge in [0.1, 0.15) is 31.6 Å². The molecule has 9 nitrogen and oxygen atoms in total. The monoisotopic (exact) mass is 314 g/mol. The van der Waals surface area contributed by atoms with Gasteiger partial charge in [-0.3, -0.25) is 0 Å². The molecule has 1 N–H and O–H groups in total. The van der Waals surface area contributed by atoms with E-state index in [0.717, 1.165) is 4.57 Å². The molecule has 0 atom stereocenters. The number of carbonyl (C=O) groups excluding carboxylic acids is 2. The zero-order chi connectivity index (χ0) is 15.0. The minimum Gasteiger partial charge on any atom is -0.457 e. The van der Waals surface area contributed by atoms with E-state index in [-0.39, 0.29) is 0 Å². The van der Waals surface area contributed by atoms with Gasteiger partial charge in [0.15, 0.2) is 0 Å². The van der Waals surface area contributed by atoms with Crippen LogP contribution in [0.15, 0.2) is 18.7 Å². The molecule has 0 amide bonds. The fraction of sp³-hybridized carbons (Fsp3) is 0.375. The molecular weight excluding hydrogens is 306 g/mol. The van der Waals surface area contributed by atoms with Gasteiger partial charge in [0.05, 0.1) is 0 Å². The first-order chi connectivity index (χ1) is 9.47. The number of imidazole rings is 1. The molecular formula is C8H8F2N2O7S. The number of halogens is 2. The topological polar surface area (TPSA) is 109 Å². The number of hydrogen-bond donors (Lipinski definition) is 1. The molecule has 0 saturated carbocycles. The first kappa shape index (κ1) is 16.3. The molecule has 0 aliphatic rings. The molecule has 0 fully saturated rings. The van der Waals surface area contributed by atoms with E-state index in [1.54, 1.807) is 0 Å². The van der Waals surface area contributed by atoms with E-state index in [0.29, 0.717) is 0 Å². The number of ether oxygens (including phenoxy) is 2. The smallest absolute Gasteiger partial charge is 0.419 e. The first-order valence-electron chi connectivity index (χ1n) is 4.83. The maximum absolute atomic E-state index is 12.9. The lowest BCUT2D eigenvalue weighted by atomic mass is 10.7. The molecule has 1 aromatic heterocycles. The van der Waals surface area contributed by atoms with Crippen molar-refractivity contribution in [3.63, 3.8) is 0 Å². The van der Waals surface area contributed by atoms with E-state index >= 15 is 0 Å². The lowest BCUT2D eigenvalue weighted by Crippen LogP contribution is -2.29. The molecule has 1 rings (SSSR count). The van der Waals surface area contributed by atoms with E-state index in [9.17, 15) is 18.4 Å². The fourth-order valence-corrected chi connectivity index (χ4v) is 1.12. The lowest BCUT2D eigenvalue weighted by molar-refractivity contribution is -0.433. The average molecular weight is 314 g/mol. The Morgan fingerprint density at radius 3 is 2.65 bits per heavy atom. The van der Waals surface area contributed by atoms with Gasteiger partial charge in [-0.2, -0.15) is 8.78 Å². The van der Waals surface area contributed by atoms with Crippen LogP contribution in [0.2, 0.25) is 0 Å². The van der Waals surface area contributed by atoms with E-state index in [1.165, 1.54) is 18.7 Å². The maximum atomic E-state index is 12.9. The van der Waals surface area contributed by atoms with Crippen molar-refractivity contribution in [3.05, 3.63) is 18.7 Å². The zero-order valence-corrected chi connectivity index (χ0v) is 10.4. The zero-order valence-electron chi connectivity index (χ0n) is 9.60. The standard InChI is InChI=1S/C8H8F2N2O7S/c9-8(10,20-19-18-15)6(13)16-3-4-17-7(14)12-2-1-11-5-12/h1-2,5,15H,3-4H2. The Labute approximate surface area is 114 Å². The number of alkyl halides is 2. The third-order valence-corrected chi connectivity index (χ3v) is 2.17. The van der Waals surface area contributed by atoms with Gasteiger partial charge in [-0.25, -0.2) is 24.4 Å². The highest BCUT2D eigenvalue weighted by Gasteiger charge is 2.44. The predicted molar refractivity (Wildman–Crippen MR) is 57.3 cm³/mol. The van der Waals surface area contributed by atoms with E-state index in [1.807, 2.05) is 0 Å². The summed E-state index contributed by atoms with van der Waals surface area (Å²) in [6.45, 7) is -1.02. The highest BCUT2D eigenvalue weighted by atomic mass is 32.2. The second kappa shape index (κ2) is 7.74. The van der Waals surface area contributed by atoms with Crippen LogP contribution in [0.25, 0.3) is 0 Å². The molecule has 1 heterocycles. The van der Waals surface area contributed by atoms with Crippen molar-refractivity contribution in [2.24, 2.45) is 0 Å². The summed E-state index contributed by atoms with van der Waals surface area (Å²) in [6, 6.07) is 0. The summed E-state index contributed by atoms with van der Waals surface area (Å²) < 4.78 is 38.9. The number of nitrogens with zero attached hydrogens (tertiary/aromatic N) is 2. The third-order valence-electron chi connectivity index (χ3n) is 1.66. The summed E-state index contributed by atoms with van der Waals surface area (Å²) in [5.74, 6) is -1.95. The highest BCUT2D eigenvalue weighted by molar-refractivity contribution is 7.96. The van der Waals surface area contributed by atoms with Crippen LogP contribution in [0.5, 0.6) is 0 Å². The summed E-state index contributed by atoms with van der Waals surface area (Å²) in [5, 5.41) is 6.52. The molecule has 0 spiro atoms. The molecule has 1 aromatic rings. The maximum Gasteiger partial charge on any atom is 0.419 e. The Morgan fingerprint density at radius 1 is 1.35 bits per heavy atom. The minimum atomic E-state index is -4.09. The van der Waals surface area contributed by atoms with Crippen molar-refractivity contribution < 1.29 is 42.5 Å². The minimum absolute atomic E-state index is 0.430. The Bertz CT molecular complexity index is 442. The molecule has 0 aromatic carbocycles. The summed E-state index contributed by atoms with van der Waals surface area (Å²) in [5.41, 5.74) is 0. The average Bonchev–Trinajstić information content (AvgIpc) is 2.95. The van der Waals surface area contributed by atoms with Gasteiger partial charge in [0.25, 0.3) is 0 Å². The number of aromatic nitrogens is 2. The largest absolute Gasteiger partial charge is 0.457 e. The molecule has 20 heavy (non-hydrogen) atoms. The van der Waals surface area contributed by atoms with E-state index in [4.69, 9.17) is 5.26 Å². The van der Waals surface area contributed by atoms with Crippen LogP contribution in [0.3, 0.4) is 0 Å². The van der Waals surface area contributed by atoms with Crippen LogP contribution in [-0.4, -0.2) is 45.3 Å². The van der Waals surface area contributed by atoms with Gasteiger partial charge >= 0.3 is 17.3 Å². The van der Waals surface area contributed by atoms with Gasteiger partial charge in [-0.15, -0.1) is 4.33 Å². The van der Waals surface area contributed by atoms with Crippen LogP contribution in [0, 0.1) is 0 Å². The SMILES string of the molecule is O=C(OCCOC(=O)C(F)(F)SOOO)n1ccnc1. The molecule has 12 heteroatoms. The number of carbonyl (C=O) groups is 2. The molecule has 0 saturated heterocycles. The molecule has 0 radical (unpaired) electrons. The van der Waals surface area contributed by atoms with Crippen molar-refractivity contribution in [2.45, 2.75) is 5.25 Å². The molecule has 0 aliphatic carbocycles. The number of rotatable bonds is 7. The summed E-state index contributed by atoms with van der Waals surface area (Å²) >= 11 is -0.751. The van der Waals surface area contributed by atoms with Crippen LogP contribution < -0.4 is 0 Å². The Kier molecular flexibility index (Phi) is 6.30. The molecule has 0 bridgehead atoms. The molecule has 112 valence electrons. The predicted octanol–water partition coefficient (Wildman–Crippen LogP) is 1.07. The van der Waals surface area contributed by atoms with Gasteiger partial charge in [0.2, 0.25) is 0 Å². The number of hydrogen-bond acceptors (Lipinski definition) is 9. The van der Waals surface area contributed by atoms with Crippen LogP contribution in [-0.2, 0) is 23.6 Å². The van der Waals surface area contributed by atoms with Gasteiger partial charge in [-0.05, 0) is 0 Å².